The molecular weight excluding hydrogens is 232 g/mol. The van der Waals surface area contributed by atoms with Crippen molar-refractivity contribution in [3.8, 4) is 6.01 Å². The Bertz CT molecular complexity index is 499. The third-order valence-electron chi connectivity index (χ3n) is 1.73. The largest absolute Gasteiger partial charge is 0.467 e. The van der Waals surface area contributed by atoms with Gasteiger partial charge < -0.3 is 10.1 Å². The number of ether oxygens (including phenoxy) is 1. The molecule has 0 aromatic carbocycles. The number of aromatic nitrogens is 5. The summed E-state index contributed by atoms with van der Waals surface area (Å²) in [6, 6.07) is 0.159. The standard InChI is InChI=1S/C8H9ClN6O/c1-15-4-5(3-10-15)11-7-12-6(9)13-8(14-7)16-2/h3-4H,1-2H3,(H,11,12,13,14). The van der Waals surface area contributed by atoms with Crippen molar-refractivity contribution in [3.63, 3.8) is 0 Å². The first-order valence-electron chi connectivity index (χ1n) is 4.38. The number of hydrogen-bond donors (Lipinski definition) is 1. The number of anilines is 2. The Labute approximate surface area is 96.5 Å². The molecular formula is C8H9ClN6O. The third kappa shape index (κ3) is 2.37. The Kier molecular flexibility index (Phi) is 2.86. The average Bonchev–Trinajstić information content (AvgIpc) is 2.63. The summed E-state index contributed by atoms with van der Waals surface area (Å²) in [6.07, 6.45) is 3.42. The number of methoxy groups -OCH3 is 1. The lowest BCUT2D eigenvalue weighted by molar-refractivity contribution is 0.379. The molecule has 0 aliphatic heterocycles. The van der Waals surface area contributed by atoms with Crippen LogP contribution in [0.2, 0.25) is 5.28 Å². The normalized spacial score (nSPS) is 10.2. The summed E-state index contributed by atoms with van der Waals surface area (Å²) in [5, 5.41) is 6.99. The first-order chi connectivity index (χ1) is 7.67. The van der Waals surface area contributed by atoms with Crippen LogP contribution in [0.3, 0.4) is 0 Å². The maximum atomic E-state index is 5.70. The number of nitrogens with one attached hydrogen (secondary N) is 1. The van der Waals surface area contributed by atoms with Gasteiger partial charge >= 0.3 is 6.01 Å². The summed E-state index contributed by atoms with van der Waals surface area (Å²) in [5.41, 5.74) is 0.756. The topological polar surface area (TPSA) is 77.8 Å². The Balaban J connectivity index is 2.24. The number of hydrogen-bond acceptors (Lipinski definition) is 6. The van der Waals surface area contributed by atoms with E-state index in [1.165, 1.54) is 7.11 Å². The van der Waals surface area contributed by atoms with Gasteiger partial charge in [-0.05, 0) is 11.6 Å². The molecule has 0 aliphatic carbocycles. The molecule has 0 atom stereocenters. The van der Waals surface area contributed by atoms with Gasteiger partial charge in [-0.3, -0.25) is 4.68 Å². The molecule has 16 heavy (non-hydrogen) atoms. The molecule has 0 aliphatic rings. The fourth-order valence-corrected chi connectivity index (χ4v) is 1.25. The van der Waals surface area contributed by atoms with Gasteiger partial charge in [0.2, 0.25) is 11.2 Å². The van der Waals surface area contributed by atoms with Crippen molar-refractivity contribution < 1.29 is 4.74 Å². The molecule has 0 amide bonds. The zero-order valence-electron chi connectivity index (χ0n) is 8.68. The van der Waals surface area contributed by atoms with Crippen molar-refractivity contribution in [1.29, 1.82) is 0 Å². The molecule has 0 radical (unpaired) electrons. The molecule has 0 saturated heterocycles. The highest BCUT2D eigenvalue weighted by Gasteiger charge is 2.05. The van der Waals surface area contributed by atoms with Crippen LogP contribution in [0.5, 0.6) is 6.01 Å². The number of halogens is 1. The van der Waals surface area contributed by atoms with Crippen LogP contribution in [0.4, 0.5) is 11.6 Å². The molecule has 1 N–H and O–H groups in total. The van der Waals surface area contributed by atoms with Gasteiger partial charge in [-0.15, -0.1) is 0 Å². The highest BCUT2D eigenvalue weighted by atomic mass is 35.5. The third-order valence-corrected chi connectivity index (χ3v) is 1.90. The first kappa shape index (κ1) is 10.6. The van der Waals surface area contributed by atoms with Gasteiger partial charge in [-0.25, -0.2) is 0 Å². The molecule has 0 saturated carbocycles. The second-order valence-corrected chi connectivity index (χ2v) is 3.28. The summed E-state index contributed by atoms with van der Waals surface area (Å²) in [6.45, 7) is 0. The molecule has 2 aromatic rings. The lowest BCUT2D eigenvalue weighted by Crippen LogP contribution is -2.01. The van der Waals surface area contributed by atoms with Gasteiger partial charge in [0, 0.05) is 13.2 Å². The summed E-state index contributed by atoms with van der Waals surface area (Å²) < 4.78 is 6.53. The fourth-order valence-electron chi connectivity index (χ4n) is 1.09. The zero-order valence-corrected chi connectivity index (χ0v) is 9.43. The Hall–Kier alpha value is -1.89. The van der Waals surface area contributed by atoms with E-state index in [-0.39, 0.29) is 11.3 Å². The van der Waals surface area contributed by atoms with Crippen LogP contribution in [0.1, 0.15) is 0 Å². The summed E-state index contributed by atoms with van der Waals surface area (Å²) >= 11 is 5.70. The summed E-state index contributed by atoms with van der Waals surface area (Å²) in [4.78, 5) is 11.6. The molecule has 0 fully saturated rings. The number of nitrogens with zero attached hydrogens (tertiary/aromatic N) is 5. The van der Waals surface area contributed by atoms with Gasteiger partial charge in [-0.2, -0.15) is 20.1 Å². The zero-order chi connectivity index (χ0) is 11.5. The SMILES string of the molecule is COc1nc(Cl)nc(Nc2cnn(C)c2)n1. The first-order valence-corrected chi connectivity index (χ1v) is 4.76. The van der Waals surface area contributed by atoms with E-state index >= 15 is 0 Å². The lowest BCUT2D eigenvalue weighted by Gasteiger charge is -2.03. The van der Waals surface area contributed by atoms with Crippen LogP contribution in [-0.4, -0.2) is 31.8 Å². The minimum Gasteiger partial charge on any atom is -0.467 e. The van der Waals surface area contributed by atoms with Crippen molar-refractivity contribution in [3.05, 3.63) is 17.7 Å². The summed E-state index contributed by atoms with van der Waals surface area (Å²) in [5.74, 6) is 0.310. The fraction of sp³-hybridized carbons (Fsp3) is 0.250. The van der Waals surface area contributed by atoms with Gasteiger partial charge in [0.25, 0.3) is 0 Å². The average molecular weight is 241 g/mol. The van der Waals surface area contributed by atoms with Crippen LogP contribution < -0.4 is 10.1 Å². The van der Waals surface area contributed by atoms with Gasteiger partial charge in [0.15, 0.2) is 0 Å². The quantitative estimate of drug-likeness (QED) is 0.863. The predicted molar refractivity (Wildman–Crippen MR) is 57.9 cm³/mol. The highest BCUT2D eigenvalue weighted by Crippen LogP contribution is 2.15. The summed E-state index contributed by atoms with van der Waals surface area (Å²) in [7, 11) is 3.27. The molecule has 0 bridgehead atoms. The monoisotopic (exact) mass is 240 g/mol. The minimum absolute atomic E-state index is 0.0678. The number of rotatable bonds is 3. The molecule has 0 unspecified atom stereocenters. The van der Waals surface area contributed by atoms with Crippen molar-refractivity contribution in [1.82, 2.24) is 24.7 Å². The van der Waals surface area contributed by atoms with Gasteiger partial charge in [-0.1, -0.05) is 0 Å². The highest BCUT2D eigenvalue weighted by molar-refractivity contribution is 6.28. The maximum absolute atomic E-state index is 5.70. The van der Waals surface area contributed by atoms with Crippen LogP contribution in [0, 0.1) is 0 Å². The molecule has 2 aromatic heterocycles. The second kappa shape index (κ2) is 4.31. The minimum atomic E-state index is 0.0678. The van der Waals surface area contributed by atoms with E-state index in [2.05, 4.69) is 25.4 Å². The van der Waals surface area contributed by atoms with Crippen molar-refractivity contribution in [2.75, 3.05) is 12.4 Å². The second-order valence-electron chi connectivity index (χ2n) is 2.94. The Morgan fingerprint density at radius 1 is 1.38 bits per heavy atom. The maximum Gasteiger partial charge on any atom is 0.322 e. The van der Waals surface area contributed by atoms with Crippen LogP contribution in [-0.2, 0) is 7.05 Å². The molecule has 2 heterocycles. The molecule has 84 valence electrons. The van der Waals surface area contributed by atoms with Crippen LogP contribution in [0.15, 0.2) is 12.4 Å². The molecule has 7 nitrogen and oxygen atoms in total. The van der Waals surface area contributed by atoms with E-state index in [1.54, 1.807) is 17.1 Å². The van der Waals surface area contributed by atoms with E-state index in [0.717, 1.165) is 5.69 Å². The van der Waals surface area contributed by atoms with E-state index < -0.39 is 0 Å². The Morgan fingerprint density at radius 3 is 2.81 bits per heavy atom. The van der Waals surface area contributed by atoms with Crippen LogP contribution >= 0.6 is 11.6 Å². The van der Waals surface area contributed by atoms with Crippen molar-refractivity contribution >= 4 is 23.2 Å². The lowest BCUT2D eigenvalue weighted by atomic mass is 10.6. The van der Waals surface area contributed by atoms with E-state index in [0.29, 0.717) is 5.95 Å². The Morgan fingerprint density at radius 2 is 2.19 bits per heavy atom. The molecule has 2 rings (SSSR count). The van der Waals surface area contributed by atoms with E-state index in [9.17, 15) is 0 Å². The van der Waals surface area contributed by atoms with Crippen LogP contribution in [0.25, 0.3) is 0 Å². The predicted octanol–water partition coefficient (Wildman–Crippen LogP) is 1.01. The smallest absolute Gasteiger partial charge is 0.322 e. The van der Waals surface area contributed by atoms with E-state index in [4.69, 9.17) is 16.3 Å². The van der Waals surface area contributed by atoms with Crippen molar-refractivity contribution in [2.24, 2.45) is 7.05 Å². The molecule has 8 heteroatoms. The van der Waals surface area contributed by atoms with Gasteiger partial charge in [0.1, 0.15) is 0 Å². The molecule has 0 spiro atoms. The number of aryl methyl sites for hydroxylation is 1. The van der Waals surface area contributed by atoms with E-state index in [1.807, 2.05) is 7.05 Å². The van der Waals surface area contributed by atoms with Gasteiger partial charge in [0.05, 0.1) is 19.0 Å². The van der Waals surface area contributed by atoms with Crippen molar-refractivity contribution in [2.45, 2.75) is 0 Å².